The molecule has 6 heteroatoms. The van der Waals surface area contributed by atoms with Gasteiger partial charge in [0.15, 0.2) is 9.84 Å². The van der Waals surface area contributed by atoms with Gasteiger partial charge in [0.05, 0.1) is 23.2 Å². The van der Waals surface area contributed by atoms with Crippen LogP contribution in [0.2, 0.25) is 0 Å². The molecule has 5 nitrogen and oxygen atoms in total. The molecule has 17 heavy (non-hydrogen) atoms. The van der Waals surface area contributed by atoms with Crippen LogP contribution in [0.4, 0.5) is 0 Å². The number of aryl methyl sites for hydroxylation is 2. The fourth-order valence-corrected chi connectivity index (χ4v) is 2.16. The zero-order chi connectivity index (χ0) is 13.1. The van der Waals surface area contributed by atoms with Crippen molar-refractivity contribution in [1.29, 1.82) is 0 Å². The second kappa shape index (κ2) is 5.64. The van der Waals surface area contributed by atoms with E-state index in [0.29, 0.717) is 19.0 Å². The average Bonchev–Trinajstić information content (AvgIpc) is 2.53. The lowest BCUT2D eigenvalue weighted by molar-refractivity contribution is 0.452. The maximum absolute atomic E-state index is 11.5. The first kappa shape index (κ1) is 14.2. The van der Waals surface area contributed by atoms with Crippen molar-refractivity contribution < 1.29 is 12.8 Å². The van der Waals surface area contributed by atoms with Gasteiger partial charge in [-0.2, -0.15) is 0 Å². The van der Waals surface area contributed by atoms with Crippen LogP contribution in [0.15, 0.2) is 4.42 Å². The van der Waals surface area contributed by atoms with E-state index in [4.69, 9.17) is 4.42 Å². The van der Waals surface area contributed by atoms with E-state index in [1.165, 1.54) is 0 Å². The molecule has 0 aliphatic heterocycles. The smallest absolute Gasteiger partial charge is 0.208 e. The fourth-order valence-electron chi connectivity index (χ4n) is 1.26. The molecule has 1 aromatic rings. The zero-order valence-electron chi connectivity index (χ0n) is 10.8. The first-order valence-electron chi connectivity index (χ1n) is 5.68. The van der Waals surface area contributed by atoms with Crippen molar-refractivity contribution in [3.63, 3.8) is 0 Å². The number of hydrogen-bond acceptors (Lipinski definition) is 5. The van der Waals surface area contributed by atoms with Crippen LogP contribution in [-0.2, 0) is 16.4 Å². The van der Waals surface area contributed by atoms with Gasteiger partial charge in [-0.3, -0.25) is 0 Å². The summed E-state index contributed by atoms with van der Waals surface area (Å²) in [6.45, 7) is 8.00. The molecule has 0 fully saturated rings. The molecule has 0 unspecified atom stereocenters. The summed E-state index contributed by atoms with van der Waals surface area (Å²) in [6, 6.07) is 0. The molecular weight excluding hydrogens is 240 g/mol. The second-order valence-corrected chi connectivity index (χ2v) is 7.02. The Hall–Kier alpha value is -0.880. The molecule has 0 amide bonds. The molecule has 0 saturated heterocycles. The lowest BCUT2D eigenvalue weighted by Crippen LogP contribution is -2.27. The van der Waals surface area contributed by atoms with Gasteiger partial charge in [0.2, 0.25) is 5.89 Å². The van der Waals surface area contributed by atoms with Gasteiger partial charge in [0.25, 0.3) is 0 Å². The fraction of sp³-hybridized carbons (Fsp3) is 0.727. The second-order valence-electron chi connectivity index (χ2n) is 4.34. The monoisotopic (exact) mass is 260 g/mol. The average molecular weight is 260 g/mol. The summed E-state index contributed by atoms with van der Waals surface area (Å²) in [7, 11) is -2.97. The van der Waals surface area contributed by atoms with E-state index in [2.05, 4.69) is 10.3 Å². The summed E-state index contributed by atoms with van der Waals surface area (Å²) in [5.41, 5.74) is 0.872. The summed E-state index contributed by atoms with van der Waals surface area (Å²) >= 11 is 0. The summed E-state index contributed by atoms with van der Waals surface area (Å²) in [4.78, 5) is 4.20. The Balaban J connectivity index is 2.34. The Morgan fingerprint density at radius 2 is 2.00 bits per heavy atom. The van der Waals surface area contributed by atoms with E-state index in [9.17, 15) is 8.42 Å². The number of nitrogens with one attached hydrogen (secondary N) is 1. The minimum atomic E-state index is -2.97. The Bertz CT molecular complexity index is 444. The standard InChI is InChI=1S/C11H20N2O3S/c1-8(2)17(14,15)6-5-12-7-11-13-9(3)10(4)16-11/h8,12H,5-7H2,1-4H3. The molecule has 98 valence electrons. The van der Waals surface area contributed by atoms with E-state index in [1.54, 1.807) is 13.8 Å². The quantitative estimate of drug-likeness (QED) is 0.778. The highest BCUT2D eigenvalue weighted by Gasteiger charge is 2.15. The largest absolute Gasteiger partial charge is 0.444 e. The third-order valence-corrected chi connectivity index (χ3v) is 4.84. The Kier molecular flexibility index (Phi) is 4.70. The minimum absolute atomic E-state index is 0.142. The van der Waals surface area contributed by atoms with Crippen LogP contribution >= 0.6 is 0 Å². The number of sulfone groups is 1. The lowest BCUT2D eigenvalue weighted by Gasteiger charge is -2.07. The van der Waals surface area contributed by atoms with Gasteiger partial charge in [0, 0.05) is 6.54 Å². The molecule has 0 atom stereocenters. The molecule has 0 radical (unpaired) electrons. The van der Waals surface area contributed by atoms with Gasteiger partial charge in [-0.05, 0) is 27.7 Å². The van der Waals surface area contributed by atoms with Gasteiger partial charge in [-0.25, -0.2) is 13.4 Å². The lowest BCUT2D eigenvalue weighted by atomic mass is 10.4. The third kappa shape index (κ3) is 4.12. The molecule has 1 N–H and O–H groups in total. The van der Waals surface area contributed by atoms with Crippen LogP contribution < -0.4 is 5.32 Å². The van der Waals surface area contributed by atoms with Crippen LogP contribution in [0.1, 0.15) is 31.2 Å². The molecule has 0 spiro atoms. The third-order valence-electron chi connectivity index (χ3n) is 2.63. The van der Waals surface area contributed by atoms with Gasteiger partial charge in [0.1, 0.15) is 5.76 Å². The number of aromatic nitrogens is 1. The van der Waals surface area contributed by atoms with Crippen molar-refractivity contribution in [2.75, 3.05) is 12.3 Å². The Labute approximate surface area is 103 Å². The highest BCUT2D eigenvalue weighted by atomic mass is 32.2. The van der Waals surface area contributed by atoms with Crippen LogP contribution in [-0.4, -0.2) is 30.9 Å². The van der Waals surface area contributed by atoms with Gasteiger partial charge >= 0.3 is 0 Å². The molecule has 0 aliphatic carbocycles. The summed E-state index contributed by atoms with van der Waals surface area (Å²) < 4.78 is 28.4. The van der Waals surface area contributed by atoms with Crippen molar-refractivity contribution in [1.82, 2.24) is 10.3 Å². The molecule has 1 rings (SSSR count). The van der Waals surface area contributed by atoms with Crippen molar-refractivity contribution in [3.8, 4) is 0 Å². The number of hydrogen-bond donors (Lipinski definition) is 1. The predicted molar refractivity (Wildman–Crippen MR) is 66.6 cm³/mol. The minimum Gasteiger partial charge on any atom is -0.444 e. The Morgan fingerprint density at radius 3 is 2.47 bits per heavy atom. The van der Waals surface area contributed by atoms with Gasteiger partial charge in [-0.1, -0.05) is 0 Å². The highest BCUT2D eigenvalue weighted by Crippen LogP contribution is 2.07. The van der Waals surface area contributed by atoms with Gasteiger partial charge < -0.3 is 9.73 Å². The summed E-state index contributed by atoms with van der Waals surface area (Å²) in [6.07, 6.45) is 0. The molecule has 0 aliphatic rings. The van der Waals surface area contributed by atoms with E-state index in [-0.39, 0.29) is 11.0 Å². The maximum Gasteiger partial charge on any atom is 0.208 e. The highest BCUT2D eigenvalue weighted by molar-refractivity contribution is 7.92. The van der Waals surface area contributed by atoms with Crippen molar-refractivity contribution >= 4 is 9.84 Å². The van der Waals surface area contributed by atoms with E-state index >= 15 is 0 Å². The van der Waals surface area contributed by atoms with Crippen LogP contribution in [0.25, 0.3) is 0 Å². The topological polar surface area (TPSA) is 72.2 Å². The number of nitrogens with zero attached hydrogens (tertiary/aromatic N) is 1. The first-order chi connectivity index (χ1) is 7.83. The first-order valence-corrected chi connectivity index (χ1v) is 7.39. The summed E-state index contributed by atoms with van der Waals surface area (Å²) in [5.74, 6) is 1.54. The molecular formula is C11H20N2O3S. The molecule has 1 aromatic heterocycles. The summed E-state index contributed by atoms with van der Waals surface area (Å²) in [5, 5.41) is 2.69. The number of rotatable bonds is 6. The van der Waals surface area contributed by atoms with Crippen LogP contribution in [0.3, 0.4) is 0 Å². The molecule has 1 heterocycles. The van der Waals surface area contributed by atoms with E-state index < -0.39 is 9.84 Å². The van der Waals surface area contributed by atoms with Crippen molar-refractivity contribution in [2.45, 2.75) is 39.5 Å². The number of oxazole rings is 1. The zero-order valence-corrected chi connectivity index (χ0v) is 11.6. The SMILES string of the molecule is Cc1nc(CNCCS(=O)(=O)C(C)C)oc1C. The Morgan fingerprint density at radius 1 is 1.35 bits per heavy atom. The van der Waals surface area contributed by atoms with E-state index in [1.807, 2.05) is 13.8 Å². The van der Waals surface area contributed by atoms with Crippen LogP contribution in [0, 0.1) is 13.8 Å². The predicted octanol–water partition coefficient (Wildman–Crippen LogP) is 1.20. The van der Waals surface area contributed by atoms with Gasteiger partial charge in [-0.15, -0.1) is 0 Å². The molecule has 0 saturated carbocycles. The van der Waals surface area contributed by atoms with Crippen molar-refractivity contribution in [3.05, 3.63) is 17.3 Å². The van der Waals surface area contributed by atoms with Crippen LogP contribution in [0.5, 0.6) is 0 Å². The maximum atomic E-state index is 11.5. The normalized spacial score (nSPS) is 12.3. The molecule has 0 aromatic carbocycles. The van der Waals surface area contributed by atoms with Crippen molar-refractivity contribution in [2.24, 2.45) is 0 Å². The molecule has 0 bridgehead atoms. The van der Waals surface area contributed by atoms with E-state index in [0.717, 1.165) is 11.5 Å².